The number of aromatic nitrogens is 2. The molecule has 1 aliphatic heterocycles. The number of hydrogen-bond acceptors (Lipinski definition) is 6. The van der Waals surface area contributed by atoms with Gasteiger partial charge in [-0.15, -0.1) is 0 Å². The smallest absolute Gasteiger partial charge is 0.352 e. The average Bonchev–Trinajstić information content (AvgIpc) is 3.46. The summed E-state index contributed by atoms with van der Waals surface area (Å²) in [5.74, 6) is -3.55. The topological polar surface area (TPSA) is 86.0 Å². The quantitative estimate of drug-likeness (QED) is 0.482. The van der Waals surface area contributed by atoms with Crippen molar-refractivity contribution >= 4 is 5.91 Å². The molecule has 1 unspecified atom stereocenters. The highest BCUT2D eigenvalue weighted by Gasteiger charge is 2.65. The van der Waals surface area contributed by atoms with E-state index < -0.39 is 34.3 Å². The van der Waals surface area contributed by atoms with Crippen molar-refractivity contribution in [2.45, 2.75) is 84.0 Å². The number of aliphatic hydroxyl groups is 1. The van der Waals surface area contributed by atoms with Gasteiger partial charge in [0.25, 0.3) is 5.91 Å². The highest BCUT2D eigenvalue weighted by Crippen LogP contribution is 2.55. The summed E-state index contributed by atoms with van der Waals surface area (Å²) in [5.41, 5.74) is -2.20. The van der Waals surface area contributed by atoms with E-state index in [9.17, 15) is 9.90 Å². The molecule has 8 nitrogen and oxygen atoms in total. The van der Waals surface area contributed by atoms with Gasteiger partial charge in [0.05, 0.1) is 31.6 Å². The van der Waals surface area contributed by atoms with Crippen LogP contribution in [0.1, 0.15) is 77.2 Å². The lowest BCUT2D eigenvalue weighted by molar-refractivity contribution is -0.231. The van der Waals surface area contributed by atoms with E-state index in [1.165, 1.54) is 4.90 Å². The van der Waals surface area contributed by atoms with Crippen LogP contribution in [-0.2, 0) is 18.4 Å². The van der Waals surface area contributed by atoms with Gasteiger partial charge in [-0.05, 0) is 61.1 Å². The van der Waals surface area contributed by atoms with E-state index in [2.05, 4.69) is 5.10 Å². The zero-order chi connectivity index (χ0) is 28.8. The van der Waals surface area contributed by atoms with Gasteiger partial charge in [-0.2, -0.15) is 13.9 Å². The number of hydrogen-bond donors (Lipinski definition) is 1. The molecule has 0 bridgehead atoms. The molecule has 10 heteroatoms. The summed E-state index contributed by atoms with van der Waals surface area (Å²) in [7, 11) is 4.85. The maximum absolute atomic E-state index is 15.9. The molecule has 39 heavy (non-hydrogen) atoms. The minimum atomic E-state index is -3.92. The van der Waals surface area contributed by atoms with Crippen LogP contribution in [0.4, 0.5) is 8.78 Å². The Balaban J connectivity index is 1.52. The molecule has 2 fully saturated rings. The van der Waals surface area contributed by atoms with Crippen LogP contribution in [0.15, 0.2) is 24.3 Å². The monoisotopic (exact) mass is 549 g/mol. The van der Waals surface area contributed by atoms with E-state index in [1.807, 2.05) is 27.7 Å². The highest BCUT2D eigenvalue weighted by atomic mass is 19.3. The summed E-state index contributed by atoms with van der Waals surface area (Å²) in [6.45, 7) is 7.86. The molecular weight excluding hydrogens is 508 g/mol. The van der Waals surface area contributed by atoms with Crippen LogP contribution in [-0.4, -0.2) is 58.0 Å². The Hall–Kier alpha value is -2.88. The Morgan fingerprint density at radius 1 is 1.08 bits per heavy atom. The van der Waals surface area contributed by atoms with E-state index in [4.69, 9.17) is 14.2 Å². The molecule has 1 atom stereocenters. The average molecular weight is 550 g/mol. The van der Waals surface area contributed by atoms with Gasteiger partial charge >= 0.3 is 5.92 Å². The van der Waals surface area contributed by atoms with Gasteiger partial charge in [0.2, 0.25) is 0 Å². The maximum Gasteiger partial charge on any atom is 0.352 e. The van der Waals surface area contributed by atoms with Crippen molar-refractivity contribution in [2.24, 2.45) is 17.9 Å². The van der Waals surface area contributed by atoms with Crippen LogP contribution in [0, 0.1) is 10.8 Å². The first kappa shape index (κ1) is 29.1. The van der Waals surface area contributed by atoms with E-state index in [1.54, 1.807) is 50.2 Å². The number of amides is 1. The summed E-state index contributed by atoms with van der Waals surface area (Å²) in [6.07, 6.45) is 1.52. The predicted octanol–water partition coefficient (Wildman–Crippen LogP) is 5.28. The fourth-order valence-electron chi connectivity index (χ4n) is 6.88. The van der Waals surface area contributed by atoms with Gasteiger partial charge in [-0.1, -0.05) is 27.7 Å². The Labute approximate surface area is 229 Å². The highest BCUT2D eigenvalue weighted by molar-refractivity contribution is 5.85. The Kier molecular flexibility index (Phi) is 7.66. The molecule has 1 aromatic heterocycles. The lowest BCUT2D eigenvalue weighted by Gasteiger charge is -2.51. The van der Waals surface area contributed by atoms with Gasteiger partial charge in [-0.3, -0.25) is 9.48 Å². The number of halogens is 2. The van der Waals surface area contributed by atoms with Gasteiger partial charge in [0.1, 0.15) is 18.0 Å². The fraction of sp³-hybridized carbons (Fsp3) is 0.655. The van der Waals surface area contributed by atoms with Crippen LogP contribution in [0.2, 0.25) is 0 Å². The van der Waals surface area contributed by atoms with Gasteiger partial charge in [0, 0.05) is 19.7 Å². The first-order valence-corrected chi connectivity index (χ1v) is 13.4. The number of methoxy groups -OCH3 is 2. The SMILES string of the molecule is COc1ccc(OCc2cc(C3CCCN3C(=O)C(F)(F)C3(O)CC(C)(C)CC(C)(C)C3)nn2C)cc1OC. The van der Waals surface area contributed by atoms with E-state index in [-0.39, 0.29) is 26.0 Å². The lowest BCUT2D eigenvalue weighted by Crippen LogP contribution is -2.62. The van der Waals surface area contributed by atoms with Gasteiger partial charge in [-0.25, -0.2) is 0 Å². The van der Waals surface area contributed by atoms with Gasteiger partial charge < -0.3 is 24.2 Å². The standard InChI is InChI=1S/C29H41F2N3O5/c1-26(2)16-27(3,4)18-28(36,17-26)29(30,31)25(35)34-12-8-9-22(34)21-13-19(33(5)32-21)15-39-20-10-11-23(37-6)24(14-20)38-7/h10-11,13-14,22,36H,8-9,12,15-18H2,1-7H3. The number of likely N-dealkylation sites (tertiary alicyclic amines) is 1. The first-order chi connectivity index (χ1) is 18.1. The zero-order valence-electron chi connectivity index (χ0n) is 24.0. The maximum atomic E-state index is 15.9. The third kappa shape index (κ3) is 5.71. The first-order valence-electron chi connectivity index (χ1n) is 13.4. The summed E-state index contributed by atoms with van der Waals surface area (Å²) in [4.78, 5) is 14.6. The molecule has 2 heterocycles. The lowest BCUT2D eigenvalue weighted by atomic mass is 9.58. The zero-order valence-corrected chi connectivity index (χ0v) is 24.0. The minimum absolute atomic E-state index is 0.137. The van der Waals surface area contributed by atoms with Crippen LogP contribution in [0.3, 0.4) is 0 Å². The normalized spacial score (nSPS) is 22.0. The Bertz CT molecular complexity index is 1190. The summed E-state index contributed by atoms with van der Waals surface area (Å²) >= 11 is 0. The molecular formula is C29H41F2N3O5. The van der Waals surface area contributed by atoms with Crippen LogP contribution in [0.25, 0.3) is 0 Å². The number of nitrogens with zero attached hydrogens (tertiary/aromatic N) is 3. The third-order valence-electron chi connectivity index (χ3n) is 7.94. The number of benzene rings is 1. The second kappa shape index (κ2) is 10.3. The second-order valence-electron chi connectivity index (χ2n) is 12.6. The summed E-state index contributed by atoms with van der Waals surface area (Å²) in [6, 6.07) is 6.41. The molecule has 0 radical (unpaired) electrons. The minimum Gasteiger partial charge on any atom is -0.493 e. The molecule has 2 aliphatic rings. The van der Waals surface area contributed by atoms with E-state index >= 15 is 8.78 Å². The number of aryl methyl sites for hydroxylation is 1. The third-order valence-corrected chi connectivity index (χ3v) is 7.94. The number of alkyl halides is 2. The van der Waals surface area contributed by atoms with Crippen molar-refractivity contribution < 1.29 is 32.9 Å². The number of rotatable bonds is 8. The fourth-order valence-corrected chi connectivity index (χ4v) is 6.88. The van der Waals surface area contributed by atoms with E-state index in [0.717, 1.165) is 5.69 Å². The molecule has 4 rings (SSSR count). The molecule has 2 aromatic rings. The number of ether oxygens (including phenoxy) is 3. The summed E-state index contributed by atoms with van der Waals surface area (Å²) < 4.78 is 50.0. The van der Waals surface area contributed by atoms with Crippen molar-refractivity contribution in [3.05, 3.63) is 35.7 Å². The van der Waals surface area contributed by atoms with Crippen LogP contribution >= 0.6 is 0 Å². The Morgan fingerprint density at radius 3 is 2.33 bits per heavy atom. The Morgan fingerprint density at radius 2 is 1.72 bits per heavy atom. The molecule has 1 saturated carbocycles. The summed E-state index contributed by atoms with van der Waals surface area (Å²) in [5, 5.41) is 15.9. The van der Waals surface area contributed by atoms with Crippen molar-refractivity contribution in [1.29, 1.82) is 0 Å². The molecule has 216 valence electrons. The molecule has 1 aliphatic carbocycles. The molecule has 0 spiro atoms. The molecule has 1 aromatic carbocycles. The number of carbonyl (C=O) groups is 1. The molecule has 1 saturated heterocycles. The van der Waals surface area contributed by atoms with Crippen LogP contribution in [0.5, 0.6) is 17.2 Å². The molecule has 1 N–H and O–H groups in total. The predicted molar refractivity (Wildman–Crippen MR) is 142 cm³/mol. The van der Waals surface area contributed by atoms with Crippen LogP contribution < -0.4 is 14.2 Å². The van der Waals surface area contributed by atoms with Crippen molar-refractivity contribution in [3.63, 3.8) is 0 Å². The van der Waals surface area contributed by atoms with E-state index in [0.29, 0.717) is 42.2 Å². The number of carbonyl (C=O) groups excluding carboxylic acids is 1. The van der Waals surface area contributed by atoms with Gasteiger partial charge in [0.15, 0.2) is 11.5 Å². The van der Waals surface area contributed by atoms with Crippen molar-refractivity contribution in [1.82, 2.24) is 14.7 Å². The largest absolute Gasteiger partial charge is 0.493 e. The molecule has 1 amide bonds. The van der Waals surface area contributed by atoms with Crippen molar-refractivity contribution in [2.75, 3.05) is 20.8 Å². The van der Waals surface area contributed by atoms with Crippen molar-refractivity contribution in [3.8, 4) is 17.2 Å². The second-order valence-corrected chi connectivity index (χ2v) is 12.6.